The van der Waals surface area contributed by atoms with Gasteiger partial charge in [0.15, 0.2) is 0 Å². The van der Waals surface area contributed by atoms with Gasteiger partial charge < -0.3 is 9.47 Å². The highest BCUT2D eigenvalue weighted by Gasteiger charge is 2.26. The Kier molecular flexibility index (Phi) is 5.14. The molecule has 1 fully saturated rings. The van der Waals surface area contributed by atoms with Crippen molar-refractivity contribution >= 4 is 28.5 Å². The van der Waals surface area contributed by atoms with Gasteiger partial charge in [0.2, 0.25) is 5.91 Å². The number of amides is 1. The van der Waals surface area contributed by atoms with Crippen molar-refractivity contribution in [2.45, 2.75) is 19.5 Å². The summed E-state index contributed by atoms with van der Waals surface area (Å²) in [6.45, 7) is 6.05. The summed E-state index contributed by atoms with van der Waals surface area (Å²) in [4.78, 5) is 21.7. The maximum Gasteiger partial charge on any atom is 0.245 e. The van der Waals surface area contributed by atoms with E-state index >= 15 is 0 Å². The fourth-order valence-electron chi connectivity index (χ4n) is 3.69. The molecular weight excluding hydrogens is 360 g/mol. The second-order valence-electron chi connectivity index (χ2n) is 7.05. The van der Waals surface area contributed by atoms with Crippen LogP contribution in [0.15, 0.2) is 54.9 Å². The van der Waals surface area contributed by atoms with Crippen LogP contribution in [0.1, 0.15) is 18.5 Å². The molecule has 3 aromatic rings. The van der Waals surface area contributed by atoms with Gasteiger partial charge in [-0.2, -0.15) is 0 Å². The number of nitrogens with zero attached hydrogens (tertiary/aromatic N) is 4. The number of imidazole rings is 1. The molecule has 0 N–H and O–H groups in total. The van der Waals surface area contributed by atoms with Crippen molar-refractivity contribution in [3.63, 3.8) is 0 Å². The van der Waals surface area contributed by atoms with E-state index in [0.717, 1.165) is 48.8 Å². The first-order chi connectivity index (χ1) is 13.1. The summed E-state index contributed by atoms with van der Waals surface area (Å²) in [5.74, 6) is 0.153. The highest BCUT2D eigenvalue weighted by molar-refractivity contribution is 6.30. The number of halogens is 1. The van der Waals surface area contributed by atoms with Gasteiger partial charge in [-0.05, 0) is 36.8 Å². The van der Waals surface area contributed by atoms with Crippen LogP contribution in [0.3, 0.4) is 0 Å². The van der Waals surface area contributed by atoms with E-state index in [4.69, 9.17) is 11.6 Å². The van der Waals surface area contributed by atoms with Crippen LogP contribution in [0.2, 0.25) is 5.02 Å². The van der Waals surface area contributed by atoms with E-state index in [1.807, 2.05) is 58.9 Å². The zero-order valence-corrected chi connectivity index (χ0v) is 16.1. The van der Waals surface area contributed by atoms with E-state index in [1.165, 1.54) is 5.56 Å². The average molecular weight is 383 g/mol. The van der Waals surface area contributed by atoms with E-state index in [1.54, 1.807) is 6.33 Å². The number of piperazine rings is 1. The van der Waals surface area contributed by atoms with Gasteiger partial charge in [0.05, 0.1) is 17.4 Å². The lowest BCUT2D eigenvalue weighted by atomic mass is 10.2. The normalized spacial score (nSPS) is 16.6. The third-order valence-corrected chi connectivity index (χ3v) is 5.47. The maximum atomic E-state index is 13.0. The van der Waals surface area contributed by atoms with Crippen LogP contribution in [0, 0.1) is 0 Å². The maximum absolute atomic E-state index is 13.0. The van der Waals surface area contributed by atoms with Crippen molar-refractivity contribution in [3.8, 4) is 0 Å². The number of hydrogen-bond donors (Lipinski definition) is 0. The number of aromatic nitrogens is 2. The lowest BCUT2D eigenvalue weighted by Crippen LogP contribution is -2.49. The number of benzene rings is 2. The highest BCUT2D eigenvalue weighted by atomic mass is 35.5. The summed E-state index contributed by atoms with van der Waals surface area (Å²) in [7, 11) is 0. The van der Waals surface area contributed by atoms with Crippen LogP contribution in [-0.2, 0) is 11.3 Å². The van der Waals surface area contributed by atoms with Gasteiger partial charge in [-0.15, -0.1) is 0 Å². The van der Waals surface area contributed by atoms with E-state index in [9.17, 15) is 4.79 Å². The largest absolute Gasteiger partial charge is 0.338 e. The van der Waals surface area contributed by atoms with Crippen LogP contribution in [0.4, 0.5) is 0 Å². The summed E-state index contributed by atoms with van der Waals surface area (Å²) in [5, 5.41) is 0.766. The number of carbonyl (C=O) groups excluding carboxylic acids is 1. The molecule has 1 amide bonds. The van der Waals surface area contributed by atoms with Gasteiger partial charge >= 0.3 is 0 Å². The molecular formula is C21H23ClN4O. The van der Waals surface area contributed by atoms with Crippen LogP contribution in [-0.4, -0.2) is 51.4 Å². The summed E-state index contributed by atoms with van der Waals surface area (Å²) < 4.78 is 1.97. The Labute approximate surface area is 164 Å². The molecule has 2 aromatic carbocycles. The molecule has 0 radical (unpaired) electrons. The summed E-state index contributed by atoms with van der Waals surface area (Å²) in [5.41, 5.74) is 3.13. The molecule has 0 aliphatic carbocycles. The zero-order chi connectivity index (χ0) is 18.8. The number of carbonyl (C=O) groups is 1. The number of hydrogen-bond acceptors (Lipinski definition) is 3. The topological polar surface area (TPSA) is 41.4 Å². The monoisotopic (exact) mass is 382 g/mol. The van der Waals surface area contributed by atoms with Gasteiger partial charge in [-0.25, -0.2) is 4.98 Å². The second-order valence-corrected chi connectivity index (χ2v) is 7.48. The van der Waals surface area contributed by atoms with Crippen molar-refractivity contribution in [2.75, 3.05) is 26.2 Å². The van der Waals surface area contributed by atoms with Gasteiger partial charge in [0, 0.05) is 37.7 Å². The van der Waals surface area contributed by atoms with Crippen LogP contribution in [0.25, 0.3) is 11.0 Å². The summed E-state index contributed by atoms with van der Waals surface area (Å²) >= 11 is 6.07. The van der Waals surface area contributed by atoms with E-state index in [-0.39, 0.29) is 11.9 Å². The predicted molar refractivity (Wildman–Crippen MR) is 108 cm³/mol. The molecule has 5 nitrogen and oxygen atoms in total. The zero-order valence-electron chi connectivity index (χ0n) is 15.4. The fraction of sp³-hybridized carbons (Fsp3) is 0.333. The van der Waals surface area contributed by atoms with Crippen LogP contribution < -0.4 is 0 Å². The van der Waals surface area contributed by atoms with Crippen LogP contribution in [0.5, 0.6) is 0 Å². The first kappa shape index (κ1) is 18.0. The standard InChI is InChI=1S/C21H23ClN4O/c1-16(26-15-23-19-7-2-3-8-20(19)26)21(27)25-11-9-24(10-12-25)14-17-5-4-6-18(22)13-17/h2-8,13,15-16H,9-12,14H2,1H3/t16-/m0/s1. The lowest BCUT2D eigenvalue weighted by Gasteiger charge is -2.36. The fourth-order valence-corrected chi connectivity index (χ4v) is 3.90. The van der Waals surface area contributed by atoms with Crippen LogP contribution >= 0.6 is 11.6 Å². The Bertz CT molecular complexity index is 946. The molecule has 0 spiro atoms. The lowest BCUT2D eigenvalue weighted by molar-refractivity contribution is -0.136. The smallest absolute Gasteiger partial charge is 0.245 e. The van der Waals surface area contributed by atoms with Gasteiger partial charge in [-0.3, -0.25) is 9.69 Å². The number of rotatable bonds is 4. The highest BCUT2D eigenvalue weighted by Crippen LogP contribution is 2.20. The Balaban J connectivity index is 1.38. The molecule has 0 saturated carbocycles. The van der Waals surface area contributed by atoms with Gasteiger partial charge in [-0.1, -0.05) is 35.9 Å². The van der Waals surface area contributed by atoms with E-state index in [0.29, 0.717) is 0 Å². The predicted octanol–water partition coefficient (Wildman–Crippen LogP) is 3.60. The molecule has 1 saturated heterocycles. The summed E-state index contributed by atoms with van der Waals surface area (Å²) in [6.07, 6.45) is 1.77. The Morgan fingerprint density at radius 2 is 1.89 bits per heavy atom. The van der Waals surface area contributed by atoms with Crippen molar-refractivity contribution < 1.29 is 4.79 Å². The minimum atomic E-state index is -0.253. The second kappa shape index (κ2) is 7.71. The number of fused-ring (bicyclic) bond motifs is 1. The van der Waals surface area contributed by atoms with Crippen molar-refractivity contribution in [2.24, 2.45) is 0 Å². The molecule has 0 bridgehead atoms. The minimum Gasteiger partial charge on any atom is -0.338 e. The van der Waals surface area contributed by atoms with Crippen molar-refractivity contribution in [1.29, 1.82) is 0 Å². The Hall–Kier alpha value is -2.37. The first-order valence-corrected chi connectivity index (χ1v) is 9.67. The van der Waals surface area contributed by atoms with E-state index in [2.05, 4.69) is 16.0 Å². The van der Waals surface area contributed by atoms with Crippen molar-refractivity contribution in [3.05, 3.63) is 65.4 Å². The molecule has 2 heterocycles. The quantitative estimate of drug-likeness (QED) is 0.692. The third kappa shape index (κ3) is 3.84. The molecule has 27 heavy (non-hydrogen) atoms. The van der Waals surface area contributed by atoms with Gasteiger partial charge in [0.25, 0.3) is 0 Å². The summed E-state index contributed by atoms with van der Waals surface area (Å²) in [6, 6.07) is 15.6. The Morgan fingerprint density at radius 1 is 1.11 bits per heavy atom. The SMILES string of the molecule is C[C@@H](C(=O)N1CCN(Cc2cccc(Cl)c2)CC1)n1cnc2ccccc21. The molecule has 1 aliphatic heterocycles. The number of para-hydroxylation sites is 2. The molecule has 1 aromatic heterocycles. The molecule has 0 unspecified atom stereocenters. The molecule has 6 heteroatoms. The van der Waals surface area contributed by atoms with Crippen molar-refractivity contribution in [1.82, 2.24) is 19.4 Å². The van der Waals surface area contributed by atoms with Gasteiger partial charge in [0.1, 0.15) is 6.04 Å². The van der Waals surface area contributed by atoms with E-state index < -0.39 is 0 Å². The molecule has 4 rings (SSSR count). The molecule has 140 valence electrons. The minimum absolute atomic E-state index is 0.153. The molecule has 1 aliphatic rings. The Morgan fingerprint density at radius 3 is 2.67 bits per heavy atom. The first-order valence-electron chi connectivity index (χ1n) is 9.29. The molecule has 1 atom stereocenters. The average Bonchev–Trinajstić information content (AvgIpc) is 3.12. The third-order valence-electron chi connectivity index (χ3n) is 5.23.